The highest BCUT2D eigenvalue weighted by Gasteiger charge is 2.25. The molecule has 2 N–H and O–H groups in total. The number of likely N-dealkylation sites (N-methyl/N-ethyl adjacent to an activating group) is 1. The van der Waals surface area contributed by atoms with Crippen LogP contribution in [0.4, 0.5) is 16.2 Å². The van der Waals surface area contributed by atoms with Gasteiger partial charge in [0.2, 0.25) is 5.91 Å². The largest absolute Gasteiger partial charge is 0.497 e. The fourth-order valence-electron chi connectivity index (χ4n) is 3.24. The summed E-state index contributed by atoms with van der Waals surface area (Å²) in [6, 6.07) is 22.8. The van der Waals surface area contributed by atoms with Gasteiger partial charge < -0.3 is 19.3 Å². The highest BCUT2D eigenvalue weighted by atomic mass is 35.5. The normalized spacial score (nSPS) is 11.3. The van der Waals surface area contributed by atoms with Crippen LogP contribution in [0.1, 0.15) is 5.56 Å². The van der Waals surface area contributed by atoms with Crippen molar-refractivity contribution in [2.45, 2.75) is 12.5 Å². The first kappa shape index (κ1) is 25.3. The molecule has 0 saturated heterocycles. The molecule has 0 fully saturated rings. The summed E-state index contributed by atoms with van der Waals surface area (Å²) in [7, 11) is 5.08. The third-order valence-electron chi connectivity index (χ3n) is 5.12. The van der Waals surface area contributed by atoms with Crippen LogP contribution in [0.5, 0.6) is 5.75 Å². The van der Waals surface area contributed by atoms with E-state index in [0.29, 0.717) is 22.9 Å². The second-order valence-corrected chi connectivity index (χ2v) is 8.85. The number of halogens is 1. The van der Waals surface area contributed by atoms with Gasteiger partial charge in [0, 0.05) is 36.9 Å². The summed E-state index contributed by atoms with van der Waals surface area (Å²) < 4.78 is 9.69. The average molecular weight is 499 g/mol. The molecule has 3 amide bonds. The minimum atomic E-state index is -0.772. The van der Waals surface area contributed by atoms with Crippen molar-refractivity contribution in [2.24, 2.45) is 0 Å². The first-order valence-electron chi connectivity index (χ1n) is 10.6. The molecule has 7 nitrogen and oxygen atoms in total. The van der Waals surface area contributed by atoms with Crippen molar-refractivity contribution in [2.75, 3.05) is 30.4 Å². The lowest BCUT2D eigenvalue weighted by Gasteiger charge is -2.25. The second kappa shape index (κ2) is 12.2. The van der Waals surface area contributed by atoms with E-state index in [4.69, 9.17) is 16.3 Å². The number of anilines is 2. The minimum absolute atomic E-state index is 0.239. The molecule has 0 aliphatic heterocycles. The van der Waals surface area contributed by atoms with E-state index in [1.54, 1.807) is 61.9 Å². The highest BCUT2D eigenvalue weighted by molar-refractivity contribution is 7.99. The van der Waals surface area contributed by atoms with Crippen LogP contribution in [0.3, 0.4) is 0 Å². The Morgan fingerprint density at radius 2 is 1.68 bits per heavy atom. The lowest BCUT2D eigenvalue weighted by Crippen LogP contribution is -2.51. The van der Waals surface area contributed by atoms with Gasteiger partial charge in [-0.3, -0.25) is 9.52 Å². The van der Waals surface area contributed by atoms with Gasteiger partial charge in [0.25, 0.3) is 0 Å². The SMILES string of the molecule is COc1ccc(N(C)C(=O)C(Cc2ccccc2)NC(=O)NSN(C)c2cccc(Cl)c2)cc1. The number of carbonyl (C=O) groups is 2. The number of urea groups is 1. The number of benzene rings is 3. The quantitative estimate of drug-likeness (QED) is 0.409. The summed E-state index contributed by atoms with van der Waals surface area (Å²) in [5.41, 5.74) is 2.46. The van der Waals surface area contributed by atoms with E-state index in [1.165, 1.54) is 4.90 Å². The molecule has 1 unspecified atom stereocenters. The van der Waals surface area contributed by atoms with Gasteiger partial charge in [-0.05, 0) is 48.0 Å². The minimum Gasteiger partial charge on any atom is -0.497 e. The standard InChI is InChI=1S/C25H27ClN4O3S/c1-29(20-12-14-22(33-3)15-13-20)24(31)23(16-18-8-5-4-6-9-18)27-25(32)28-34-30(2)21-11-7-10-19(26)17-21/h4-15,17,23H,16H2,1-3H3,(H2,27,28,32). The summed E-state index contributed by atoms with van der Waals surface area (Å²) in [4.78, 5) is 27.6. The van der Waals surface area contributed by atoms with Gasteiger partial charge in [0.05, 0.1) is 19.2 Å². The van der Waals surface area contributed by atoms with Crippen LogP contribution in [-0.4, -0.2) is 39.2 Å². The van der Waals surface area contributed by atoms with Crippen molar-refractivity contribution in [3.63, 3.8) is 0 Å². The number of carbonyl (C=O) groups excluding carboxylic acids is 2. The highest BCUT2D eigenvalue weighted by Crippen LogP contribution is 2.22. The summed E-state index contributed by atoms with van der Waals surface area (Å²) in [5.74, 6) is 0.459. The van der Waals surface area contributed by atoms with Crippen LogP contribution in [0.25, 0.3) is 0 Å². The van der Waals surface area contributed by atoms with E-state index in [0.717, 1.165) is 23.4 Å². The molecule has 34 heavy (non-hydrogen) atoms. The number of hydrogen-bond donors (Lipinski definition) is 2. The number of hydrogen-bond acceptors (Lipinski definition) is 5. The molecule has 0 aromatic heterocycles. The zero-order valence-corrected chi connectivity index (χ0v) is 20.8. The Kier molecular flexibility index (Phi) is 9.07. The fraction of sp³-hybridized carbons (Fsp3) is 0.200. The first-order valence-corrected chi connectivity index (χ1v) is 11.7. The maximum Gasteiger partial charge on any atom is 0.326 e. The molecule has 1 atom stereocenters. The van der Waals surface area contributed by atoms with Gasteiger partial charge in [-0.15, -0.1) is 0 Å². The van der Waals surface area contributed by atoms with Gasteiger partial charge in [0.15, 0.2) is 0 Å². The number of nitrogens with zero attached hydrogens (tertiary/aromatic N) is 2. The maximum atomic E-state index is 13.4. The van der Waals surface area contributed by atoms with Crippen LogP contribution in [-0.2, 0) is 11.2 Å². The Labute approximate surface area is 209 Å². The maximum absolute atomic E-state index is 13.4. The molecule has 3 aromatic carbocycles. The first-order chi connectivity index (χ1) is 16.4. The van der Waals surface area contributed by atoms with Crippen molar-refractivity contribution in [1.82, 2.24) is 10.0 Å². The Bertz CT molecular complexity index is 1100. The predicted octanol–water partition coefficient (Wildman–Crippen LogP) is 4.92. The number of nitrogens with one attached hydrogen (secondary N) is 2. The Balaban J connectivity index is 1.69. The molecule has 178 valence electrons. The lowest BCUT2D eigenvalue weighted by atomic mass is 10.0. The van der Waals surface area contributed by atoms with E-state index in [-0.39, 0.29) is 5.91 Å². The Morgan fingerprint density at radius 3 is 2.32 bits per heavy atom. The summed E-state index contributed by atoms with van der Waals surface area (Å²) >= 11 is 7.13. The van der Waals surface area contributed by atoms with Gasteiger partial charge in [-0.25, -0.2) is 4.79 Å². The van der Waals surface area contributed by atoms with Crippen LogP contribution >= 0.6 is 23.7 Å². The van der Waals surface area contributed by atoms with Crippen molar-refractivity contribution >= 4 is 47.0 Å². The Hall–Kier alpha value is -3.36. The van der Waals surface area contributed by atoms with Crippen LogP contribution < -0.4 is 24.0 Å². The van der Waals surface area contributed by atoms with Crippen molar-refractivity contribution in [1.29, 1.82) is 0 Å². The van der Waals surface area contributed by atoms with Crippen LogP contribution in [0.15, 0.2) is 78.9 Å². The molecule has 3 aromatic rings. The number of methoxy groups -OCH3 is 1. The molecule has 3 rings (SSSR count). The molecule has 0 aliphatic carbocycles. The molecule has 0 bridgehead atoms. The van der Waals surface area contributed by atoms with E-state index in [1.807, 2.05) is 42.5 Å². The smallest absolute Gasteiger partial charge is 0.326 e. The van der Waals surface area contributed by atoms with Crippen LogP contribution in [0, 0.1) is 0 Å². The van der Waals surface area contributed by atoms with Gasteiger partial charge >= 0.3 is 6.03 Å². The fourth-order valence-corrected chi connectivity index (χ4v) is 3.92. The van der Waals surface area contributed by atoms with E-state index in [2.05, 4.69) is 10.0 Å². The molecule has 9 heteroatoms. The number of ether oxygens (including phenoxy) is 1. The summed E-state index contributed by atoms with van der Waals surface area (Å²) in [5, 5.41) is 3.42. The van der Waals surface area contributed by atoms with Gasteiger partial charge in [-0.1, -0.05) is 48.0 Å². The second-order valence-electron chi connectivity index (χ2n) is 7.48. The summed E-state index contributed by atoms with van der Waals surface area (Å²) in [6.07, 6.45) is 0.350. The molecular formula is C25H27ClN4O3S. The number of amides is 3. The third-order valence-corrected chi connectivity index (χ3v) is 6.12. The zero-order chi connectivity index (χ0) is 24.5. The van der Waals surface area contributed by atoms with Gasteiger partial charge in [0.1, 0.15) is 11.8 Å². The van der Waals surface area contributed by atoms with E-state index < -0.39 is 12.1 Å². The van der Waals surface area contributed by atoms with Gasteiger partial charge in [-0.2, -0.15) is 0 Å². The van der Waals surface area contributed by atoms with E-state index >= 15 is 0 Å². The third kappa shape index (κ3) is 7.07. The zero-order valence-electron chi connectivity index (χ0n) is 19.2. The molecule has 0 heterocycles. The number of rotatable bonds is 9. The average Bonchev–Trinajstić information content (AvgIpc) is 2.86. The topological polar surface area (TPSA) is 73.9 Å². The van der Waals surface area contributed by atoms with Crippen LogP contribution in [0.2, 0.25) is 5.02 Å². The monoisotopic (exact) mass is 498 g/mol. The van der Waals surface area contributed by atoms with Crippen molar-refractivity contribution < 1.29 is 14.3 Å². The molecule has 0 aliphatic rings. The van der Waals surface area contributed by atoms with E-state index in [9.17, 15) is 9.59 Å². The summed E-state index contributed by atoms with van der Waals surface area (Å²) in [6.45, 7) is 0. The Morgan fingerprint density at radius 1 is 0.971 bits per heavy atom. The lowest BCUT2D eigenvalue weighted by molar-refractivity contribution is -0.120. The predicted molar refractivity (Wildman–Crippen MR) is 139 cm³/mol. The van der Waals surface area contributed by atoms with Crippen molar-refractivity contribution in [3.05, 3.63) is 89.4 Å². The van der Waals surface area contributed by atoms with Crippen molar-refractivity contribution in [3.8, 4) is 5.75 Å². The molecule has 0 spiro atoms. The molecule has 0 radical (unpaired) electrons. The molecular weight excluding hydrogens is 472 g/mol. The molecule has 0 saturated carbocycles.